The summed E-state index contributed by atoms with van der Waals surface area (Å²) in [7, 11) is 0. The van der Waals surface area contributed by atoms with Crippen LogP contribution in [-0.4, -0.2) is 118 Å². The molecule has 64 heavy (non-hydrogen) atoms. The number of para-hydroxylation sites is 1. The van der Waals surface area contributed by atoms with E-state index in [-0.39, 0.29) is 70.5 Å². The number of nitrogens with one attached hydrogen (secondary N) is 9. The summed E-state index contributed by atoms with van der Waals surface area (Å²) in [5.41, 5.74) is 11.6. The number of nitrogens with two attached hydrogens (primary N) is 2. The molecule has 342 valence electrons. The van der Waals surface area contributed by atoms with E-state index in [1.807, 2.05) is 54.6 Å². The summed E-state index contributed by atoms with van der Waals surface area (Å²) in [5.74, 6) is -5.41. The van der Waals surface area contributed by atoms with E-state index in [1.165, 1.54) is 0 Å². The van der Waals surface area contributed by atoms with E-state index in [9.17, 15) is 28.8 Å². The Morgan fingerprint density at radius 3 is 2.33 bits per heavy atom. The number of aromatic amines is 1. The summed E-state index contributed by atoms with van der Waals surface area (Å²) in [6, 6.07) is 9.45. The minimum atomic E-state index is -2.08. The summed E-state index contributed by atoms with van der Waals surface area (Å²) in [6.45, 7) is -0.110. The lowest BCUT2D eigenvalue weighted by atomic mass is 9.78. The first-order valence-electron chi connectivity index (χ1n) is 21.8. The van der Waals surface area contributed by atoms with Gasteiger partial charge in [-0.15, -0.1) is 0 Å². The molecule has 0 spiro atoms. The average Bonchev–Trinajstić information content (AvgIpc) is 3.78. The van der Waals surface area contributed by atoms with Gasteiger partial charge in [-0.3, -0.25) is 43.9 Å². The molecular formula is C44H58N12O8. The van der Waals surface area contributed by atoms with Crippen LogP contribution in [0.15, 0.2) is 60.8 Å². The molecule has 6 rings (SSSR count). The van der Waals surface area contributed by atoms with Crippen molar-refractivity contribution in [3.05, 3.63) is 71.9 Å². The third-order valence-corrected chi connectivity index (χ3v) is 12.0. The van der Waals surface area contributed by atoms with Gasteiger partial charge in [-0.25, -0.2) is 4.79 Å². The number of Topliss-reactive ketones (excluding diaryl/α,β-unsaturated/α-hetero) is 1. The lowest BCUT2D eigenvalue weighted by molar-refractivity contribution is -0.140. The van der Waals surface area contributed by atoms with E-state index >= 15 is 9.59 Å². The second-order valence-corrected chi connectivity index (χ2v) is 16.7. The number of primary amides is 1. The molecule has 0 radical (unpaired) electrons. The number of imide groups is 1. The Bertz CT molecular complexity index is 2230. The van der Waals surface area contributed by atoms with Crippen molar-refractivity contribution >= 4 is 64.1 Å². The van der Waals surface area contributed by atoms with E-state index in [4.69, 9.17) is 16.9 Å². The SMILES string of the molecule is N=C(N)NCC[C@@]12NCCCC[C@@H](C(N)=O)NC(=O)[C@H](Cc3c[nH]c4ccccc34)NC(=O)C1NC(=O)C[C@@H](Cc1ccccc1)NC(=O)CCCCCN1C(=O)N[C@@H](CC2=O)C1=O. The third kappa shape index (κ3) is 11.8. The number of guanidine groups is 1. The van der Waals surface area contributed by atoms with Crippen LogP contribution in [0.5, 0.6) is 0 Å². The van der Waals surface area contributed by atoms with Crippen molar-refractivity contribution in [3.63, 3.8) is 0 Å². The van der Waals surface area contributed by atoms with Crippen molar-refractivity contribution in [2.75, 3.05) is 19.6 Å². The van der Waals surface area contributed by atoms with Crippen LogP contribution in [0.2, 0.25) is 0 Å². The van der Waals surface area contributed by atoms with Crippen molar-refractivity contribution in [3.8, 4) is 0 Å². The van der Waals surface area contributed by atoms with Crippen molar-refractivity contribution in [2.24, 2.45) is 11.5 Å². The number of hydrogen-bond donors (Lipinski definition) is 11. The molecule has 1 unspecified atom stereocenters. The topological polar surface area (TPSA) is 316 Å². The lowest BCUT2D eigenvalue weighted by Crippen LogP contribution is -2.72. The maximum absolute atomic E-state index is 15.2. The fourth-order valence-electron chi connectivity index (χ4n) is 8.71. The predicted molar refractivity (Wildman–Crippen MR) is 235 cm³/mol. The van der Waals surface area contributed by atoms with Crippen LogP contribution in [0.3, 0.4) is 0 Å². The van der Waals surface area contributed by atoms with Gasteiger partial charge in [-0.05, 0) is 68.7 Å². The molecular weight excluding hydrogens is 825 g/mol. The number of aromatic nitrogens is 1. The Hall–Kier alpha value is -6.83. The number of H-pyrrole nitrogens is 1. The fraction of sp³-hybridized carbons (Fsp3) is 0.477. The zero-order valence-corrected chi connectivity index (χ0v) is 35.6. The first-order chi connectivity index (χ1) is 30.7. The van der Waals surface area contributed by atoms with Gasteiger partial charge in [0, 0.05) is 61.9 Å². The Labute approximate surface area is 370 Å². The van der Waals surface area contributed by atoms with Gasteiger partial charge in [-0.1, -0.05) is 55.0 Å². The van der Waals surface area contributed by atoms with Crippen molar-refractivity contribution in [1.29, 1.82) is 5.41 Å². The van der Waals surface area contributed by atoms with Crippen LogP contribution in [0.25, 0.3) is 10.9 Å². The fourth-order valence-corrected chi connectivity index (χ4v) is 8.71. The van der Waals surface area contributed by atoms with Crippen LogP contribution >= 0.6 is 0 Å². The molecule has 13 N–H and O–H groups in total. The van der Waals surface area contributed by atoms with Gasteiger partial charge in [0.25, 0.3) is 5.91 Å². The monoisotopic (exact) mass is 882 g/mol. The highest BCUT2D eigenvalue weighted by Gasteiger charge is 2.52. The first-order valence-corrected chi connectivity index (χ1v) is 21.8. The van der Waals surface area contributed by atoms with Gasteiger partial charge in [-0.2, -0.15) is 0 Å². The number of urea groups is 1. The molecule has 3 fully saturated rings. The summed E-state index contributed by atoms with van der Waals surface area (Å²) in [6.07, 6.45) is 2.82. The van der Waals surface area contributed by atoms with Crippen molar-refractivity contribution in [1.82, 2.24) is 47.1 Å². The molecule has 20 heteroatoms. The Balaban J connectivity index is 1.46. The maximum atomic E-state index is 15.2. The maximum Gasteiger partial charge on any atom is 0.324 e. The highest BCUT2D eigenvalue weighted by Crippen LogP contribution is 2.26. The Kier molecular flexibility index (Phi) is 15.7. The number of fused-ring (bicyclic) bond motifs is 4. The third-order valence-electron chi connectivity index (χ3n) is 12.0. The average molecular weight is 883 g/mol. The zero-order chi connectivity index (χ0) is 45.8. The minimum Gasteiger partial charge on any atom is -0.370 e. The van der Waals surface area contributed by atoms with E-state index in [0.29, 0.717) is 31.2 Å². The largest absolute Gasteiger partial charge is 0.370 e. The molecule has 3 aliphatic rings. The van der Waals surface area contributed by atoms with Crippen LogP contribution in [0.4, 0.5) is 4.79 Å². The van der Waals surface area contributed by atoms with Crippen molar-refractivity contribution in [2.45, 2.75) is 113 Å². The van der Waals surface area contributed by atoms with Gasteiger partial charge < -0.3 is 53.7 Å². The smallest absolute Gasteiger partial charge is 0.324 e. The molecule has 3 saturated heterocycles. The number of ketones is 1. The molecule has 20 nitrogen and oxygen atoms in total. The summed E-state index contributed by atoms with van der Waals surface area (Å²) in [4.78, 5) is 116. The van der Waals surface area contributed by atoms with E-state index in [2.05, 4.69) is 42.2 Å². The van der Waals surface area contributed by atoms with Crippen LogP contribution in [0.1, 0.15) is 75.3 Å². The number of rotatable bonds is 8. The standard InChI is InChI=1S/C44H58N12O8/c45-38(60)31-15-8-9-18-50-44(17-19-48-42(46)47)34(57)24-33-41(63)56(43(64)54-33)20-10-2-5-16-35(58)51-28(21-26-11-3-1-4-12-26)23-36(59)55-37(44)40(62)53-32(39(61)52-31)22-27-25-49-30-14-7-6-13-29(27)30/h1,3-4,6-7,11-14,25,28,31-33,37,49-50H,2,5,8-10,15-24H2,(H2,45,60)(H,51,58)(H,52,61)(H,53,62)(H,54,64)(H,55,59)(H4,46,47,48)/t28-,31+,32+,33+,37?,44+/m1/s1. The van der Waals surface area contributed by atoms with Crippen LogP contribution < -0.4 is 48.7 Å². The molecule has 1 aromatic heterocycles. The number of carbonyl (C=O) groups is 8. The molecule has 6 atom stereocenters. The van der Waals surface area contributed by atoms with Gasteiger partial charge in [0.1, 0.15) is 29.7 Å². The first kappa shape index (κ1) is 46.7. The number of nitrogens with zero attached hydrogens (tertiary/aromatic N) is 1. The Morgan fingerprint density at radius 2 is 1.56 bits per heavy atom. The molecule has 2 aromatic carbocycles. The van der Waals surface area contributed by atoms with Crippen LogP contribution in [-0.2, 0) is 46.4 Å². The van der Waals surface area contributed by atoms with Gasteiger partial charge in [0.15, 0.2) is 11.7 Å². The van der Waals surface area contributed by atoms with Gasteiger partial charge in [0.05, 0.1) is 0 Å². The molecule has 0 saturated carbocycles. The van der Waals surface area contributed by atoms with Gasteiger partial charge >= 0.3 is 6.03 Å². The zero-order valence-electron chi connectivity index (χ0n) is 35.6. The molecule has 2 bridgehead atoms. The molecule has 8 amide bonds. The van der Waals surface area contributed by atoms with Crippen LogP contribution in [0, 0.1) is 5.41 Å². The number of benzene rings is 2. The summed E-state index contributed by atoms with van der Waals surface area (Å²) >= 11 is 0. The highest BCUT2D eigenvalue weighted by atomic mass is 16.2. The second kappa shape index (κ2) is 21.5. The molecule has 3 aliphatic heterocycles. The molecule has 3 aromatic rings. The van der Waals surface area contributed by atoms with E-state index < -0.39 is 89.5 Å². The Morgan fingerprint density at radius 1 is 0.797 bits per heavy atom. The summed E-state index contributed by atoms with van der Waals surface area (Å²) < 4.78 is 0. The number of carbonyl (C=O) groups excluding carboxylic acids is 8. The molecule has 0 aliphatic carbocycles. The van der Waals surface area contributed by atoms with E-state index in [1.54, 1.807) is 6.20 Å². The van der Waals surface area contributed by atoms with Gasteiger partial charge in [0.2, 0.25) is 29.5 Å². The number of hydrogen-bond acceptors (Lipinski definition) is 10. The quantitative estimate of drug-likeness (QED) is 0.0786. The van der Waals surface area contributed by atoms with Crippen molar-refractivity contribution < 1.29 is 38.4 Å². The number of amides is 8. The normalized spacial score (nSPS) is 26.0. The second-order valence-electron chi connectivity index (χ2n) is 16.7. The minimum absolute atomic E-state index is 0.0213. The van der Waals surface area contributed by atoms with E-state index in [0.717, 1.165) is 21.4 Å². The lowest BCUT2D eigenvalue weighted by Gasteiger charge is -2.41. The predicted octanol–water partition coefficient (Wildman–Crippen LogP) is -0.393. The highest BCUT2D eigenvalue weighted by molar-refractivity contribution is 6.08. The summed E-state index contributed by atoms with van der Waals surface area (Å²) in [5, 5.41) is 28.4. The molecule has 4 heterocycles.